The van der Waals surface area contributed by atoms with Crippen molar-refractivity contribution in [2.75, 3.05) is 6.61 Å². The minimum atomic E-state index is -0.984. The molecule has 82 valence electrons. The molecule has 1 fully saturated rings. The molecule has 1 rings (SSSR count). The lowest BCUT2D eigenvalue weighted by Crippen LogP contribution is -2.23. The third-order valence-electron chi connectivity index (χ3n) is 2.09. The Morgan fingerprint density at radius 1 is 1.40 bits per heavy atom. The number of epoxide rings is 1. The fourth-order valence-corrected chi connectivity index (χ4v) is 0.924. The molecule has 1 aliphatic rings. The molecule has 4 nitrogen and oxygen atoms in total. The summed E-state index contributed by atoms with van der Waals surface area (Å²) >= 11 is 0. The van der Waals surface area contributed by atoms with Crippen LogP contribution in [0, 0.1) is 0 Å². The zero-order valence-electron chi connectivity index (χ0n) is 8.46. The highest BCUT2D eigenvalue weighted by Crippen LogP contribution is 2.30. The number of aliphatic carboxylic acids is 1. The molecule has 0 bridgehead atoms. The predicted molar refractivity (Wildman–Crippen MR) is 55.4 cm³/mol. The summed E-state index contributed by atoms with van der Waals surface area (Å²) in [5.74, 6) is -0.984. The van der Waals surface area contributed by atoms with Crippen LogP contribution < -0.4 is 0 Å². The first kappa shape index (κ1) is 11.7. The van der Waals surface area contributed by atoms with E-state index in [2.05, 4.69) is 0 Å². The van der Waals surface area contributed by atoms with Crippen molar-refractivity contribution in [3.63, 3.8) is 0 Å². The van der Waals surface area contributed by atoms with Gasteiger partial charge >= 0.3 is 5.97 Å². The molecule has 0 spiro atoms. The van der Waals surface area contributed by atoms with Gasteiger partial charge in [-0.3, -0.25) is 0 Å². The third kappa shape index (κ3) is 4.10. The normalized spacial score (nSPS) is 27.9. The average molecular weight is 210 g/mol. The van der Waals surface area contributed by atoms with Crippen molar-refractivity contribution in [1.29, 1.82) is 0 Å². The van der Waals surface area contributed by atoms with Gasteiger partial charge in [-0.25, -0.2) is 4.79 Å². The van der Waals surface area contributed by atoms with Crippen molar-refractivity contribution < 1.29 is 19.7 Å². The zero-order chi connectivity index (χ0) is 11.3. The van der Waals surface area contributed by atoms with Crippen LogP contribution >= 0.6 is 0 Å². The van der Waals surface area contributed by atoms with Crippen LogP contribution in [0.2, 0.25) is 0 Å². The minimum absolute atomic E-state index is 0.429. The largest absolute Gasteiger partial charge is 0.478 e. The molecule has 0 aliphatic carbocycles. The van der Waals surface area contributed by atoms with Crippen molar-refractivity contribution in [3.05, 3.63) is 36.5 Å². The Kier molecular flexibility index (Phi) is 3.82. The highest BCUT2D eigenvalue weighted by molar-refractivity contribution is 5.80. The first-order valence-electron chi connectivity index (χ1n) is 4.61. The van der Waals surface area contributed by atoms with E-state index in [4.69, 9.17) is 9.84 Å². The van der Waals surface area contributed by atoms with Crippen LogP contribution in [-0.2, 0) is 9.53 Å². The monoisotopic (exact) mass is 210 g/mol. The van der Waals surface area contributed by atoms with Crippen LogP contribution in [0.1, 0.15) is 6.92 Å². The van der Waals surface area contributed by atoms with Gasteiger partial charge in [0.15, 0.2) is 0 Å². The third-order valence-corrected chi connectivity index (χ3v) is 2.09. The molecule has 0 aromatic heterocycles. The molecule has 0 unspecified atom stereocenters. The summed E-state index contributed by atoms with van der Waals surface area (Å²) in [6, 6.07) is 0. The fraction of sp³-hybridized carbons (Fsp3) is 0.364. The highest BCUT2D eigenvalue weighted by Gasteiger charge is 2.45. The molecular weight excluding hydrogens is 196 g/mol. The van der Waals surface area contributed by atoms with Gasteiger partial charge in [-0.1, -0.05) is 30.4 Å². The molecule has 2 N–H and O–H groups in total. The van der Waals surface area contributed by atoms with Crippen molar-refractivity contribution in [2.24, 2.45) is 0 Å². The maximum atomic E-state index is 10.1. The van der Waals surface area contributed by atoms with Crippen LogP contribution in [0.4, 0.5) is 0 Å². The highest BCUT2D eigenvalue weighted by atomic mass is 16.6. The van der Waals surface area contributed by atoms with Gasteiger partial charge in [0, 0.05) is 6.08 Å². The second kappa shape index (κ2) is 4.91. The molecular formula is C11H14O4. The molecule has 4 heteroatoms. The van der Waals surface area contributed by atoms with E-state index < -0.39 is 17.7 Å². The lowest BCUT2D eigenvalue weighted by molar-refractivity contribution is -0.131. The van der Waals surface area contributed by atoms with E-state index in [1.807, 2.05) is 6.92 Å². The van der Waals surface area contributed by atoms with Crippen molar-refractivity contribution in [1.82, 2.24) is 0 Å². The molecule has 1 aliphatic heterocycles. The van der Waals surface area contributed by atoms with Gasteiger partial charge in [0.05, 0.1) is 6.61 Å². The van der Waals surface area contributed by atoms with Gasteiger partial charge in [-0.2, -0.15) is 0 Å². The molecule has 0 amide bonds. The predicted octanol–water partition coefficient (Wildman–Crippen LogP) is 0.889. The molecule has 15 heavy (non-hydrogen) atoms. The van der Waals surface area contributed by atoms with Crippen molar-refractivity contribution in [3.8, 4) is 0 Å². The maximum absolute atomic E-state index is 10.1. The number of carboxylic acid groups (broad SMARTS) is 1. The molecule has 0 aromatic carbocycles. The van der Waals surface area contributed by atoms with Gasteiger partial charge in [-0.05, 0) is 6.92 Å². The van der Waals surface area contributed by atoms with E-state index in [-0.39, 0.29) is 0 Å². The second-order valence-corrected chi connectivity index (χ2v) is 3.51. The first-order valence-corrected chi connectivity index (χ1v) is 4.61. The first-order chi connectivity index (χ1) is 7.04. The average Bonchev–Trinajstić information content (AvgIpc) is 2.90. The maximum Gasteiger partial charge on any atom is 0.328 e. The minimum Gasteiger partial charge on any atom is -0.478 e. The summed E-state index contributed by atoms with van der Waals surface area (Å²) in [7, 11) is 0. The second-order valence-electron chi connectivity index (χ2n) is 3.51. The van der Waals surface area contributed by atoms with Gasteiger partial charge < -0.3 is 14.9 Å². The molecule has 1 heterocycles. The molecule has 0 aromatic rings. The van der Waals surface area contributed by atoms with E-state index >= 15 is 0 Å². The Morgan fingerprint density at radius 3 is 2.53 bits per heavy atom. The van der Waals surface area contributed by atoms with E-state index in [1.54, 1.807) is 24.3 Å². The van der Waals surface area contributed by atoms with E-state index in [0.717, 1.165) is 6.08 Å². The summed E-state index contributed by atoms with van der Waals surface area (Å²) < 4.78 is 5.05. The van der Waals surface area contributed by atoms with Gasteiger partial charge in [-0.15, -0.1) is 0 Å². The lowest BCUT2D eigenvalue weighted by atomic mass is 10.1. The van der Waals surface area contributed by atoms with Crippen molar-refractivity contribution in [2.45, 2.75) is 18.6 Å². The Balaban J connectivity index is 2.29. The summed E-state index contributed by atoms with van der Waals surface area (Å²) in [6.45, 7) is 2.40. The lowest BCUT2D eigenvalue weighted by Gasteiger charge is -2.08. The quantitative estimate of drug-likeness (QED) is 0.401. The molecule has 2 atom stereocenters. The topological polar surface area (TPSA) is 70.1 Å². The summed E-state index contributed by atoms with van der Waals surface area (Å²) in [6.07, 6.45) is 8.31. The van der Waals surface area contributed by atoms with Gasteiger partial charge in [0.2, 0.25) is 0 Å². The van der Waals surface area contributed by atoms with E-state index in [1.165, 1.54) is 6.08 Å². The van der Waals surface area contributed by atoms with Gasteiger partial charge in [0.1, 0.15) is 11.7 Å². The molecule has 0 radical (unpaired) electrons. The number of carbonyl (C=O) groups is 1. The van der Waals surface area contributed by atoms with Crippen LogP contribution in [0.25, 0.3) is 0 Å². The van der Waals surface area contributed by atoms with E-state index in [0.29, 0.717) is 6.61 Å². The number of aliphatic hydroxyl groups is 1. The zero-order valence-corrected chi connectivity index (χ0v) is 8.46. The standard InChI is InChI=1S/C11H14O4/c1-11(8-15-11)9(12)6-4-2-3-5-7-10(13)14/h2-7,9,12H,8H2,1H3,(H,13,14)/b3-2-,6-4+,7-5+/t9-,11+/m1/s1. The number of carboxylic acids is 1. The number of allylic oxidation sites excluding steroid dienone is 4. The van der Waals surface area contributed by atoms with Crippen LogP contribution in [-0.4, -0.2) is 34.5 Å². The van der Waals surface area contributed by atoms with E-state index in [9.17, 15) is 9.90 Å². The Bertz CT molecular complexity index is 311. The summed E-state index contributed by atoms with van der Waals surface area (Å²) in [4.78, 5) is 10.1. The Hall–Kier alpha value is -1.39. The van der Waals surface area contributed by atoms with Crippen LogP contribution in [0.3, 0.4) is 0 Å². The number of aliphatic hydroxyl groups excluding tert-OH is 1. The summed E-state index contributed by atoms with van der Waals surface area (Å²) in [5.41, 5.74) is -0.429. The number of ether oxygens (including phenoxy) is 1. The Labute approximate surface area is 88.2 Å². The fourth-order valence-electron chi connectivity index (χ4n) is 0.924. The van der Waals surface area contributed by atoms with Gasteiger partial charge in [0.25, 0.3) is 0 Å². The van der Waals surface area contributed by atoms with Crippen molar-refractivity contribution >= 4 is 5.97 Å². The number of hydrogen-bond donors (Lipinski definition) is 2. The number of rotatable bonds is 5. The Morgan fingerprint density at radius 2 is 2.00 bits per heavy atom. The SMILES string of the molecule is C[C@@]1([C@H](O)/C=C/C=C\C=C\C(=O)O)CO1. The smallest absolute Gasteiger partial charge is 0.328 e. The van der Waals surface area contributed by atoms with Crippen LogP contribution in [0.15, 0.2) is 36.5 Å². The summed E-state index contributed by atoms with van der Waals surface area (Å²) in [5, 5.41) is 17.8. The molecule has 1 saturated heterocycles. The molecule has 0 saturated carbocycles. The van der Waals surface area contributed by atoms with Crippen LogP contribution in [0.5, 0.6) is 0 Å². The number of hydrogen-bond acceptors (Lipinski definition) is 3.